The van der Waals surface area contributed by atoms with Crippen LogP contribution in [-0.4, -0.2) is 37.4 Å². The molecular formula is C25H24N4O3. The van der Waals surface area contributed by atoms with Gasteiger partial charge in [0.1, 0.15) is 0 Å². The number of hydrogen-bond acceptors (Lipinski definition) is 6. The predicted molar refractivity (Wildman–Crippen MR) is 124 cm³/mol. The number of methoxy groups -OCH3 is 2. The Morgan fingerprint density at radius 3 is 2.31 bits per heavy atom. The summed E-state index contributed by atoms with van der Waals surface area (Å²) in [7, 11) is 3.27. The molecule has 7 nitrogen and oxygen atoms in total. The van der Waals surface area contributed by atoms with Crippen molar-refractivity contribution in [3.8, 4) is 11.5 Å². The number of benzene rings is 3. The van der Waals surface area contributed by atoms with Gasteiger partial charge in [-0.3, -0.25) is 4.79 Å². The van der Waals surface area contributed by atoms with Crippen LogP contribution in [-0.2, 0) is 11.2 Å². The molecule has 0 saturated heterocycles. The minimum atomic E-state index is -0.252. The van der Waals surface area contributed by atoms with Gasteiger partial charge in [-0.1, -0.05) is 36.4 Å². The zero-order valence-corrected chi connectivity index (χ0v) is 18.0. The maximum atomic E-state index is 13.2. The number of hydrogen-bond donors (Lipinski definition) is 1. The van der Waals surface area contributed by atoms with Crippen molar-refractivity contribution in [3.05, 3.63) is 83.9 Å². The van der Waals surface area contributed by atoms with Gasteiger partial charge in [0.05, 0.1) is 19.9 Å². The number of rotatable bonds is 5. The largest absolute Gasteiger partial charge is 0.493 e. The molecule has 1 N–H and O–H groups in total. The smallest absolute Gasteiger partial charge is 0.293 e. The first kappa shape index (κ1) is 19.9. The van der Waals surface area contributed by atoms with Gasteiger partial charge in [0.25, 0.3) is 5.91 Å². The third kappa shape index (κ3) is 3.41. The second kappa shape index (κ2) is 8.26. The first-order valence-corrected chi connectivity index (χ1v) is 10.5. The molecule has 0 spiro atoms. The molecule has 7 heteroatoms. The van der Waals surface area contributed by atoms with Gasteiger partial charge in [0.2, 0.25) is 5.84 Å². The zero-order valence-electron chi connectivity index (χ0n) is 18.0. The molecule has 0 fully saturated rings. The summed E-state index contributed by atoms with van der Waals surface area (Å²) in [6, 6.07) is 23.3. The van der Waals surface area contributed by atoms with Gasteiger partial charge in [-0.2, -0.15) is 0 Å². The van der Waals surface area contributed by atoms with Gasteiger partial charge in [0.15, 0.2) is 17.7 Å². The number of ether oxygens (including phenoxy) is 2. The van der Waals surface area contributed by atoms with Crippen molar-refractivity contribution < 1.29 is 14.3 Å². The van der Waals surface area contributed by atoms with Gasteiger partial charge >= 0.3 is 0 Å². The number of anilines is 2. The molecule has 2 aliphatic rings. The number of hydrazone groups is 1. The maximum absolute atomic E-state index is 13.2. The second-order valence-electron chi connectivity index (χ2n) is 7.65. The molecule has 3 aromatic rings. The van der Waals surface area contributed by atoms with E-state index in [9.17, 15) is 4.79 Å². The van der Waals surface area contributed by atoms with Crippen LogP contribution in [0.2, 0.25) is 0 Å². The molecule has 2 aliphatic heterocycles. The van der Waals surface area contributed by atoms with Crippen molar-refractivity contribution in [2.75, 3.05) is 31.1 Å². The molecule has 0 radical (unpaired) electrons. The summed E-state index contributed by atoms with van der Waals surface area (Å²) < 4.78 is 11.1. The summed E-state index contributed by atoms with van der Waals surface area (Å²) in [5, 5.41) is 9.67. The quantitative estimate of drug-likeness (QED) is 0.665. The van der Waals surface area contributed by atoms with Crippen LogP contribution in [0.3, 0.4) is 0 Å². The Hall–Kier alpha value is -4.00. The Morgan fingerprint density at radius 2 is 1.62 bits per heavy atom. The van der Waals surface area contributed by atoms with E-state index in [4.69, 9.17) is 14.6 Å². The van der Waals surface area contributed by atoms with E-state index >= 15 is 0 Å². The van der Waals surface area contributed by atoms with E-state index < -0.39 is 0 Å². The zero-order chi connectivity index (χ0) is 22.1. The van der Waals surface area contributed by atoms with E-state index in [0.29, 0.717) is 23.9 Å². The van der Waals surface area contributed by atoms with Gasteiger partial charge in [-0.15, -0.1) is 5.10 Å². The molecule has 0 bridgehead atoms. The van der Waals surface area contributed by atoms with Crippen LogP contribution >= 0.6 is 0 Å². The van der Waals surface area contributed by atoms with Crippen molar-refractivity contribution in [3.63, 3.8) is 0 Å². The number of para-hydroxylation sites is 2. The summed E-state index contributed by atoms with van der Waals surface area (Å²) >= 11 is 0. The SMILES string of the molecule is COc1cc2c(cc1OC)[C@@H]1N(CC2)C(C(=O)Nc2ccccc2)=NN1c1ccccc1. The monoisotopic (exact) mass is 428 g/mol. The van der Waals surface area contributed by atoms with Crippen molar-refractivity contribution in [1.29, 1.82) is 0 Å². The molecule has 3 aromatic carbocycles. The first-order valence-electron chi connectivity index (χ1n) is 10.5. The lowest BCUT2D eigenvalue weighted by molar-refractivity contribution is -0.111. The van der Waals surface area contributed by atoms with Crippen LogP contribution < -0.4 is 19.8 Å². The van der Waals surface area contributed by atoms with Crippen LogP contribution in [0.1, 0.15) is 17.3 Å². The highest BCUT2D eigenvalue weighted by Crippen LogP contribution is 2.43. The number of fused-ring (bicyclic) bond motifs is 3. The average Bonchev–Trinajstić information content (AvgIpc) is 3.24. The highest BCUT2D eigenvalue weighted by atomic mass is 16.5. The molecular weight excluding hydrogens is 404 g/mol. The Bertz CT molecular complexity index is 1160. The second-order valence-corrected chi connectivity index (χ2v) is 7.65. The van der Waals surface area contributed by atoms with Crippen molar-refractivity contribution in [2.24, 2.45) is 5.10 Å². The van der Waals surface area contributed by atoms with Gasteiger partial charge < -0.3 is 19.7 Å². The molecule has 0 unspecified atom stereocenters. The summed E-state index contributed by atoms with van der Waals surface area (Å²) in [6.45, 7) is 0.664. The molecule has 0 aliphatic carbocycles. The lowest BCUT2D eigenvalue weighted by Gasteiger charge is -2.37. The Morgan fingerprint density at radius 1 is 0.969 bits per heavy atom. The summed E-state index contributed by atoms with van der Waals surface area (Å²) in [4.78, 5) is 15.3. The van der Waals surface area contributed by atoms with E-state index in [1.165, 1.54) is 0 Å². The fourth-order valence-electron chi connectivity index (χ4n) is 4.29. The lowest BCUT2D eigenvalue weighted by Crippen LogP contribution is -2.44. The Balaban J connectivity index is 1.57. The van der Waals surface area contributed by atoms with E-state index in [-0.39, 0.29) is 12.1 Å². The minimum absolute atomic E-state index is 0.233. The fourth-order valence-corrected chi connectivity index (χ4v) is 4.29. The maximum Gasteiger partial charge on any atom is 0.293 e. The molecule has 1 atom stereocenters. The van der Waals surface area contributed by atoms with Crippen molar-refractivity contribution in [2.45, 2.75) is 12.6 Å². The minimum Gasteiger partial charge on any atom is -0.493 e. The van der Waals surface area contributed by atoms with Crippen LogP contribution in [0.4, 0.5) is 11.4 Å². The number of nitrogens with zero attached hydrogens (tertiary/aromatic N) is 3. The van der Waals surface area contributed by atoms with Gasteiger partial charge in [-0.25, -0.2) is 5.01 Å². The normalized spacial score (nSPS) is 16.7. The number of carbonyl (C=O) groups excluding carboxylic acids is 1. The number of amidine groups is 1. The topological polar surface area (TPSA) is 66.4 Å². The van der Waals surface area contributed by atoms with Crippen LogP contribution in [0.25, 0.3) is 0 Å². The summed E-state index contributed by atoms with van der Waals surface area (Å²) in [5.41, 5.74) is 3.85. The molecule has 162 valence electrons. The third-order valence-electron chi connectivity index (χ3n) is 5.80. The highest BCUT2D eigenvalue weighted by molar-refractivity contribution is 6.42. The average molecular weight is 428 g/mol. The molecule has 5 rings (SSSR count). The van der Waals surface area contributed by atoms with Gasteiger partial charge in [-0.05, 0) is 48.4 Å². The lowest BCUT2D eigenvalue weighted by atomic mass is 9.95. The number of nitrogens with one attached hydrogen (secondary N) is 1. The number of amides is 1. The molecule has 1 amide bonds. The predicted octanol–water partition coefficient (Wildman–Crippen LogP) is 4.03. The Kier molecular flexibility index (Phi) is 5.15. The fraction of sp³-hybridized carbons (Fsp3) is 0.200. The Labute approximate surface area is 186 Å². The molecule has 2 heterocycles. The van der Waals surface area contributed by atoms with E-state index in [1.807, 2.05) is 77.8 Å². The van der Waals surface area contributed by atoms with E-state index in [1.54, 1.807) is 14.2 Å². The van der Waals surface area contributed by atoms with E-state index in [2.05, 4.69) is 10.2 Å². The van der Waals surface area contributed by atoms with Crippen LogP contribution in [0.5, 0.6) is 11.5 Å². The van der Waals surface area contributed by atoms with Crippen LogP contribution in [0.15, 0.2) is 77.9 Å². The van der Waals surface area contributed by atoms with Crippen molar-refractivity contribution >= 4 is 23.1 Å². The van der Waals surface area contributed by atoms with Crippen molar-refractivity contribution in [1.82, 2.24) is 4.90 Å². The summed E-state index contributed by atoms with van der Waals surface area (Å²) in [6.07, 6.45) is 0.518. The molecule has 0 saturated carbocycles. The summed E-state index contributed by atoms with van der Waals surface area (Å²) in [5.74, 6) is 1.52. The standard InChI is InChI=1S/C25H24N4O3/c1-31-21-15-17-13-14-28-23(24(30)26-18-9-5-3-6-10-18)27-29(19-11-7-4-8-12-19)25(28)20(17)16-22(21)32-2/h3-12,15-16,25H,13-14H2,1-2H3,(H,26,30)/t25-/m1/s1. The first-order chi connectivity index (χ1) is 15.7. The number of carbonyl (C=O) groups is 1. The molecule has 0 aromatic heterocycles. The van der Waals surface area contributed by atoms with Crippen LogP contribution in [0, 0.1) is 0 Å². The molecule has 32 heavy (non-hydrogen) atoms. The van der Waals surface area contributed by atoms with E-state index in [0.717, 1.165) is 28.9 Å². The third-order valence-corrected chi connectivity index (χ3v) is 5.80. The highest BCUT2D eigenvalue weighted by Gasteiger charge is 2.42. The van der Waals surface area contributed by atoms with Gasteiger partial charge in [0, 0.05) is 17.8 Å².